The van der Waals surface area contributed by atoms with Crippen molar-refractivity contribution in [1.82, 2.24) is 10.2 Å². The lowest BCUT2D eigenvalue weighted by Gasteiger charge is -2.16. The molecule has 0 radical (unpaired) electrons. The van der Waals surface area contributed by atoms with Crippen LogP contribution in [-0.2, 0) is 9.53 Å². The van der Waals surface area contributed by atoms with Crippen LogP contribution < -0.4 is 5.32 Å². The van der Waals surface area contributed by atoms with Crippen LogP contribution in [0.4, 0.5) is 8.78 Å². The van der Waals surface area contributed by atoms with Gasteiger partial charge in [-0.15, -0.1) is 0 Å². The number of alkyl halides is 2. The Morgan fingerprint density at radius 2 is 2.24 bits per heavy atom. The molecule has 0 aromatic heterocycles. The van der Waals surface area contributed by atoms with Crippen molar-refractivity contribution in [3.63, 3.8) is 0 Å². The fourth-order valence-electron chi connectivity index (χ4n) is 1.98. The monoisotopic (exact) mass is 248 g/mol. The van der Waals surface area contributed by atoms with E-state index in [1.165, 1.54) is 12.8 Å². The number of hydrogen-bond acceptors (Lipinski definition) is 4. The van der Waals surface area contributed by atoms with E-state index in [9.17, 15) is 13.6 Å². The van der Waals surface area contributed by atoms with E-state index in [0.29, 0.717) is 12.6 Å². The van der Waals surface area contributed by atoms with Gasteiger partial charge in [0, 0.05) is 25.7 Å². The van der Waals surface area contributed by atoms with Crippen LogP contribution in [0.25, 0.3) is 0 Å². The number of carbonyl (C=O) groups is 1. The molecule has 1 atom stereocenters. The van der Waals surface area contributed by atoms with Gasteiger partial charge in [-0.05, 0) is 19.9 Å². The minimum absolute atomic E-state index is 0.305. The Labute approximate surface area is 99.3 Å². The number of rotatable bonds is 6. The first-order valence-corrected chi connectivity index (χ1v) is 5.99. The third kappa shape index (κ3) is 3.35. The Bertz CT molecular complexity index is 295. The van der Waals surface area contributed by atoms with Crippen molar-refractivity contribution < 1.29 is 18.3 Å². The largest absolute Gasteiger partial charge is 0.456 e. The molecular weight excluding hydrogens is 230 g/mol. The number of hydrogen-bond donors (Lipinski definition) is 1. The van der Waals surface area contributed by atoms with Gasteiger partial charge in [0.2, 0.25) is 0 Å². The zero-order chi connectivity index (χ0) is 12.5. The normalized spacial score (nSPS) is 27.5. The lowest BCUT2D eigenvalue weighted by Crippen LogP contribution is -2.34. The fourth-order valence-corrected chi connectivity index (χ4v) is 1.98. The number of halogens is 2. The van der Waals surface area contributed by atoms with E-state index in [0.717, 1.165) is 13.1 Å². The minimum atomic E-state index is -3.29. The van der Waals surface area contributed by atoms with Crippen LogP contribution in [0.5, 0.6) is 0 Å². The molecule has 1 N–H and O–H groups in total. The van der Waals surface area contributed by atoms with Crippen molar-refractivity contribution in [2.75, 3.05) is 26.7 Å². The molecule has 6 heteroatoms. The van der Waals surface area contributed by atoms with Gasteiger partial charge in [-0.25, -0.2) is 4.79 Å². The highest BCUT2D eigenvalue weighted by Gasteiger charge is 2.50. The first-order chi connectivity index (χ1) is 7.99. The van der Waals surface area contributed by atoms with Gasteiger partial charge in [-0.3, -0.25) is 0 Å². The third-order valence-corrected chi connectivity index (χ3v) is 3.24. The van der Waals surface area contributed by atoms with Crippen molar-refractivity contribution in [2.45, 2.75) is 37.3 Å². The Kier molecular flexibility index (Phi) is 3.63. The van der Waals surface area contributed by atoms with Gasteiger partial charge in [0.1, 0.15) is 6.10 Å². The zero-order valence-electron chi connectivity index (χ0n) is 9.92. The van der Waals surface area contributed by atoms with Gasteiger partial charge in [0.15, 0.2) is 0 Å². The van der Waals surface area contributed by atoms with Crippen molar-refractivity contribution >= 4 is 5.97 Å². The molecule has 4 nitrogen and oxygen atoms in total. The Balaban J connectivity index is 1.58. The topological polar surface area (TPSA) is 41.6 Å². The predicted octanol–water partition coefficient (Wildman–Crippen LogP) is 0.621. The van der Waals surface area contributed by atoms with Gasteiger partial charge in [-0.2, -0.15) is 8.78 Å². The molecule has 1 aliphatic heterocycles. The van der Waals surface area contributed by atoms with Crippen LogP contribution in [0.1, 0.15) is 19.3 Å². The van der Waals surface area contributed by atoms with Crippen LogP contribution in [0, 0.1) is 0 Å². The lowest BCUT2D eigenvalue weighted by molar-refractivity contribution is -0.159. The molecule has 0 amide bonds. The summed E-state index contributed by atoms with van der Waals surface area (Å²) in [6, 6.07) is 0.699. The summed E-state index contributed by atoms with van der Waals surface area (Å²) in [7, 11) is 2.06. The molecule has 2 fully saturated rings. The summed E-state index contributed by atoms with van der Waals surface area (Å²) < 4.78 is 30.2. The second kappa shape index (κ2) is 4.86. The van der Waals surface area contributed by atoms with Gasteiger partial charge in [0.05, 0.1) is 6.42 Å². The molecule has 0 spiro atoms. The van der Waals surface area contributed by atoms with Crippen LogP contribution in [-0.4, -0.2) is 55.6 Å². The number of likely N-dealkylation sites (N-methyl/N-ethyl adjacent to an activating group) is 1. The molecule has 0 aromatic rings. The number of carbonyl (C=O) groups excluding carboxylic acids is 1. The number of cyclic esters (lactones) is 1. The molecule has 2 rings (SSSR count). The van der Waals surface area contributed by atoms with E-state index < -0.39 is 24.4 Å². The Hall–Kier alpha value is -0.750. The summed E-state index contributed by atoms with van der Waals surface area (Å²) in [5, 5.41) is 3.05. The average Bonchev–Trinajstić information content (AvgIpc) is 3.03. The molecule has 1 saturated carbocycles. The maximum Gasteiger partial charge on any atom is 0.377 e. The second-order valence-electron chi connectivity index (χ2n) is 4.85. The average molecular weight is 248 g/mol. The number of esters is 1. The van der Waals surface area contributed by atoms with Gasteiger partial charge in [0.25, 0.3) is 0 Å². The summed E-state index contributed by atoms with van der Waals surface area (Å²) in [6.45, 7) is 1.92. The molecule has 1 aliphatic carbocycles. The first kappa shape index (κ1) is 12.7. The smallest absolute Gasteiger partial charge is 0.377 e. The van der Waals surface area contributed by atoms with E-state index in [-0.39, 0.29) is 0 Å². The van der Waals surface area contributed by atoms with Gasteiger partial charge in [-0.1, -0.05) is 0 Å². The van der Waals surface area contributed by atoms with Crippen molar-refractivity contribution in [2.24, 2.45) is 0 Å². The van der Waals surface area contributed by atoms with E-state index in [4.69, 9.17) is 0 Å². The molecule has 1 saturated heterocycles. The summed E-state index contributed by atoms with van der Waals surface area (Å²) in [5.74, 6) is -4.68. The first-order valence-electron chi connectivity index (χ1n) is 5.99. The molecule has 2 aliphatic rings. The van der Waals surface area contributed by atoms with Crippen LogP contribution in [0.2, 0.25) is 0 Å². The highest BCUT2D eigenvalue weighted by Crippen LogP contribution is 2.30. The third-order valence-electron chi connectivity index (χ3n) is 3.24. The molecule has 0 bridgehead atoms. The fraction of sp³-hybridized carbons (Fsp3) is 0.909. The minimum Gasteiger partial charge on any atom is -0.456 e. The number of nitrogens with one attached hydrogen (secondary N) is 1. The molecule has 1 unspecified atom stereocenters. The van der Waals surface area contributed by atoms with Crippen molar-refractivity contribution in [3.05, 3.63) is 0 Å². The number of ether oxygens (including phenoxy) is 1. The zero-order valence-corrected chi connectivity index (χ0v) is 9.92. The molecule has 1 heterocycles. The highest BCUT2D eigenvalue weighted by atomic mass is 19.3. The van der Waals surface area contributed by atoms with E-state index in [2.05, 4.69) is 22.0 Å². The highest BCUT2D eigenvalue weighted by molar-refractivity contribution is 5.79. The van der Waals surface area contributed by atoms with Crippen LogP contribution in [0.15, 0.2) is 0 Å². The Morgan fingerprint density at radius 1 is 1.53 bits per heavy atom. The van der Waals surface area contributed by atoms with Crippen LogP contribution in [0.3, 0.4) is 0 Å². The van der Waals surface area contributed by atoms with Gasteiger partial charge >= 0.3 is 11.9 Å². The molecule has 98 valence electrons. The summed E-state index contributed by atoms with van der Waals surface area (Å²) in [6.07, 6.45) is 1.31. The summed E-state index contributed by atoms with van der Waals surface area (Å²) in [5.41, 5.74) is 0. The maximum atomic E-state index is 12.8. The summed E-state index contributed by atoms with van der Waals surface area (Å²) >= 11 is 0. The van der Waals surface area contributed by atoms with E-state index >= 15 is 0 Å². The molecule has 17 heavy (non-hydrogen) atoms. The Morgan fingerprint density at radius 3 is 2.76 bits per heavy atom. The van der Waals surface area contributed by atoms with Gasteiger partial charge < -0.3 is 15.0 Å². The summed E-state index contributed by atoms with van der Waals surface area (Å²) in [4.78, 5) is 13.0. The van der Waals surface area contributed by atoms with E-state index in [1.807, 2.05) is 0 Å². The molecule has 0 aromatic carbocycles. The predicted molar refractivity (Wildman–Crippen MR) is 58.0 cm³/mol. The van der Waals surface area contributed by atoms with Crippen LogP contribution >= 0.6 is 0 Å². The standard InChI is InChI=1S/C11H18F2N2O2/c1-15(8-2-3-8)5-4-14-7-9-6-11(12,13)10(16)17-9/h8-9,14H,2-7H2,1H3. The van der Waals surface area contributed by atoms with Crippen molar-refractivity contribution in [1.29, 1.82) is 0 Å². The second-order valence-corrected chi connectivity index (χ2v) is 4.85. The SMILES string of the molecule is CN(CCNCC1CC(F)(F)C(=O)O1)C1CC1. The quantitative estimate of drug-likeness (QED) is 0.553. The molecular formula is C11H18F2N2O2. The lowest BCUT2D eigenvalue weighted by atomic mass is 10.2. The van der Waals surface area contributed by atoms with E-state index in [1.54, 1.807) is 0 Å². The van der Waals surface area contributed by atoms with Crippen molar-refractivity contribution in [3.8, 4) is 0 Å². The number of nitrogens with zero attached hydrogens (tertiary/aromatic N) is 1. The maximum absolute atomic E-state index is 12.8.